The highest BCUT2D eigenvalue weighted by atomic mass is 32.2. The van der Waals surface area contributed by atoms with Crippen LogP contribution in [0.3, 0.4) is 0 Å². The summed E-state index contributed by atoms with van der Waals surface area (Å²) >= 11 is 1.45. The van der Waals surface area contributed by atoms with Crippen LogP contribution < -0.4 is 5.73 Å². The highest BCUT2D eigenvalue weighted by Crippen LogP contribution is 2.50. The fourth-order valence-electron chi connectivity index (χ4n) is 3.39. The second-order valence-corrected chi connectivity index (χ2v) is 7.02. The summed E-state index contributed by atoms with van der Waals surface area (Å²) in [5.74, 6) is -0.979. The summed E-state index contributed by atoms with van der Waals surface area (Å²) in [5.41, 5.74) is 6.90. The number of hydrogen-bond donors (Lipinski definition) is 2. The van der Waals surface area contributed by atoms with E-state index in [9.17, 15) is 14.7 Å². The van der Waals surface area contributed by atoms with Crippen LogP contribution in [0.25, 0.3) is 0 Å². The minimum Gasteiger partial charge on any atom is -0.477 e. The van der Waals surface area contributed by atoms with Crippen molar-refractivity contribution in [3.63, 3.8) is 0 Å². The van der Waals surface area contributed by atoms with Crippen LogP contribution in [0.2, 0.25) is 0 Å². The molecule has 2 aliphatic rings. The molecule has 0 spiro atoms. The van der Waals surface area contributed by atoms with Gasteiger partial charge in [-0.1, -0.05) is 13.0 Å². The summed E-state index contributed by atoms with van der Waals surface area (Å²) in [6.07, 6.45) is 1.71. The average molecular weight is 333 g/mol. The van der Waals surface area contributed by atoms with Crippen LogP contribution >= 0.6 is 11.8 Å². The number of rotatable bonds is 5. The van der Waals surface area contributed by atoms with E-state index in [2.05, 4.69) is 4.98 Å². The van der Waals surface area contributed by atoms with Gasteiger partial charge in [0.05, 0.1) is 17.7 Å². The number of carboxylic acids is 1. The molecule has 23 heavy (non-hydrogen) atoms. The first-order valence-corrected chi connectivity index (χ1v) is 8.51. The maximum absolute atomic E-state index is 12.3. The summed E-state index contributed by atoms with van der Waals surface area (Å²) in [6.45, 7) is 3.77. The molecule has 7 heteroatoms. The first-order valence-electron chi connectivity index (χ1n) is 7.52. The van der Waals surface area contributed by atoms with E-state index in [1.807, 2.05) is 25.1 Å². The number of pyridine rings is 1. The zero-order valence-electron chi connectivity index (χ0n) is 13.0. The predicted octanol–water partition coefficient (Wildman–Crippen LogP) is 1.43. The molecule has 3 heterocycles. The topological polar surface area (TPSA) is 96.5 Å². The van der Waals surface area contributed by atoms with Crippen molar-refractivity contribution in [3.8, 4) is 0 Å². The second kappa shape index (κ2) is 5.98. The Morgan fingerprint density at radius 2 is 2.26 bits per heavy atom. The van der Waals surface area contributed by atoms with Gasteiger partial charge in [0.15, 0.2) is 0 Å². The lowest BCUT2D eigenvalue weighted by molar-refractivity contribution is -0.157. The van der Waals surface area contributed by atoms with Crippen molar-refractivity contribution in [1.82, 2.24) is 9.88 Å². The number of nitrogens with two attached hydrogens (primary N) is 1. The predicted molar refractivity (Wildman–Crippen MR) is 87.1 cm³/mol. The smallest absolute Gasteiger partial charge is 0.353 e. The van der Waals surface area contributed by atoms with Crippen LogP contribution in [0.15, 0.2) is 35.0 Å². The number of amides is 1. The van der Waals surface area contributed by atoms with Crippen molar-refractivity contribution in [2.24, 2.45) is 17.6 Å². The van der Waals surface area contributed by atoms with Gasteiger partial charge < -0.3 is 15.7 Å². The number of β-lactam (4-membered cyclic amide) rings is 1. The van der Waals surface area contributed by atoms with Crippen molar-refractivity contribution in [3.05, 3.63) is 40.7 Å². The number of carbonyl (C=O) groups excluding carboxylic acids is 1. The number of aromatic nitrogens is 1. The van der Waals surface area contributed by atoms with Gasteiger partial charge in [-0.3, -0.25) is 9.78 Å². The molecular formula is C16H19N3O3S. The average Bonchev–Trinajstić information content (AvgIpc) is 2.75. The van der Waals surface area contributed by atoms with E-state index in [1.54, 1.807) is 13.1 Å². The molecule has 3 N–H and O–H groups in total. The Hall–Kier alpha value is -1.86. The first-order chi connectivity index (χ1) is 10.9. The Bertz CT molecular complexity index is 674. The molecule has 1 aromatic rings. The van der Waals surface area contributed by atoms with Crippen LogP contribution in [0, 0.1) is 11.8 Å². The normalized spacial score (nSPS) is 27.7. The number of hydrogen-bond acceptors (Lipinski definition) is 5. The van der Waals surface area contributed by atoms with E-state index in [1.165, 1.54) is 16.7 Å². The Kier molecular flexibility index (Phi) is 4.16. The second-order valence-electron chi connectivity index (χ2n) is 6.00. The van der Waals surface area contributed by atoms with Gasteiger partial charge in [0, 0.05) is 28.8 Å². The third kappa shape index (κ3) is 2.53. The Morgan fingerprint density at radius 1 is 1.52 bits per heavy atom. The van der Waals surface area contributed by atoms with Crippen molar-refractivity contribution < 1.29 is 14.7 Å². The maximum atomic E-state index is 12.3. The molecule has 1 aromatic heterocycles. The molecular weight excluding hydrogens is 314 g/mol. The minimum atomic E-state index is -1.06. The third-order valence-corrected chi connectivity index (χ3v) is 5.78. The highest BCUT2D eigenvalue weighted by Gasteiger charge is 2.59. The summed E-state index contributed by atoms with van der Waals surface area (Å²) in [7, 11) is 0. The van der Waals surface area contributed by atoms with E-state index in [-0.39, 0.29) is 35.5 Å². The first kappa shape index (κ1) is 16.0. The van der Waals surface area contributed by atoms with Gasteiger partial charge in [0.1, 0.15) is 5.70 Å². The van der Waals surface area contributed by atoms with Gasteiger partial charge >= 0.3 is 5.97 Å². The molecule has 4 atom stereocenters. The molecule has 0 aliphatic carbocycles. The lowest BCUT2D eigenvalue weighted by Crippen LogP contribution is -2.65. The summed E-state index contributed by atoms with van der Waals surface area (Å²) < 4.78 is 0. The van der Waals surface area contributed by atoms with Crippen LogP contribution in [0.5, 0.6) is 0 Å². The number of carboxylic acid groups (broad SMARTS) is 1. The van der Waals surface area contributed by atoms with Crippen molar-refractivity contribution >= 4 is 23.6 Å². The Balaban J connectivity index is 1.86. The molecule has 2 aliphatic heterocycles. The summed E-state index contributed by atoms with van der Waals surface area (Å²) in [5, 5.41) is 9.55. The van der Waals surface area contributed by atoms with Crippen LogP contribution in [-0.2, 0) is 15.3 Å². The van der Waals surface area contributed by atoms with Gasteiger partial charge in [-0.15, -0.1) is 11.8 Å². The molecule has 0 saturated carbocycles. The van der Waals surface area contributed by atoms with Gasteiger partial charge in [-0.2, -0.15) is 0 Å². The molecule has 6 nitrogen and oxygen atoms in total. The van der Waals surface area contributed by atoms with E-state index in [0.717, 1.165) is 10.6 Å². The van der Waals surface area contributed by atoms with Crippen LogP contribution in [0.1, 0.15) is 19.5 Å². The zero-order chi connectivity index (χ0) is 16.7. The van der Waals surface area contributed by atoms with Crippen LogP contribution in [-0.4, -0.2) is 39.0 Å². The fourth-order valence-corrected chi connectivity index (χ4v) is 4.59. The largest absolute Gasteiger partial charge is 0.477 e. The quantitative estimate of drug-likeness (QED) is 0.792. The van der Waals surface area contributed by atoms with E-state index < -0.39 is 5.97 Å². The van der Waals surface area contributed by atoms with E-state index in [0.29, 0.717) is 5.75 Å². The standard InChI is InChI=1S/C16H19N3O3S/c1-8-12-11(9(2)17)15(20)19(12)13(16(21)22)14(8)23-7-10-5-3-4-6-18-10/h3-6,8-9,11-12H,7,17H2,1-2H3,(H,21,22)/t8-,9-,11-,12-/m1/s1. The summed E-state index contributed by atoms with van der Waals surface area (Å²) in [4.78, 5) is 30.4. The van der Waals surface area contributed by atoms with Crippen molar-refractivity contribution in [2.45, 2.75) is 31.7 Å². The molecule has 1 amide bonds. The zero-order valence-corrected chi connectivity index (χ0v) is 13.8. The number of fused-ring (bicyclic) bond motifs is 1. The molecule has 0 bridgehead atoms. The lowest BCUT2D eigenvalue weighted by Gasteiger charge is -2.46. The maximum Gasteiger partial charge on any atom is 0.353 e. The fraction of sp³-hybridized carbons (Fsp3) is 0.438. The number of aliphatic carboxylic acids is 1. The number of carbonyl (C=O) groups is 2. The minimum absolute atomic E-state index is 0.0245. The molecule has 0 unspecified atom stereocenters. The Morgan fingerprint density at radius 3 is 2.83 bits per heavy atom. The Labute approximate surface area is 138 Å². The monoisotopic (exact) mass is 333 g/mol. The molecule has 1 fully saturated rings. The van der Waals surface area contributed by atoms with Crippen molar-refractivity contribution in [2.75, 3.05) is 0 Å². The van der Waals surface area contributed by atoms with Gasteiger partial charge in [-0.25, -0.2) is 4.79 Å². The van der Waals surface area contributed by atoms with Crippen molar-refractivity contribution in [1.29, 1.82) is 0 Å². The molecule has 122 valence electrons. The van der Waals surface area contributed by atoms with E-state index >= 15 is 0 Å². The van der Waals surface area contributed by atoms with Gasteiger partial charge in [0.25, 0.3) is 0 Å². The number of nitrogens with zero attached hydrogens (tertiary/aromatic N) is 2. The summed E-state index contributed by atoms with van der Waals surface area (Å²) in [6, 6.07) is 5.22. The third-order valence-electron chi connectivity index (χ3n) is 4.46. The highest BCUT2D eigenvalue weighted by molar-refractivity contribution is 8.02. The van der Waals surface area contributed by atoms with Gasteiger partial charge in [0.2, 0.25) is 5.91 Å². The van der Waals surface area contributed by atoms with Crippen LogP contribution in [0.4, 0.5) is 0 Å². The van der Waals surface area contributed by atoms with E-state index in [4.69, 9.17) is 5.73 Å². The van der Waals surface area contributed by atoms with Gasteiger partial charge in [-0.05, 0) is 19.1 Å². The number of thioether (sulfide) groups is 1. The SMILES string of the molecule is C[C@@H](N)[C@H]1C(=O)N2C(C(=O)O)=C(SCc3ccccn3)[C@H](C)[C@H]12. The lowest BCUT2D eigenvalue weighted by atomic mass is 9.78. The molecule has 0 radical (unpaired) electrons. The molecule has 1 saturated heterocycles. The molecule has 0 aromatic carbocycles. The molecule has 3 rings (SSSR count).